The Bertz CT molecular complexity index is 1300. The molecule has 0 saturated heterocycles. The van der Waals surface area contributed by atoms with Gasteiger partial charge in [-0.2, -0.15) is 52.7 Å². The Morgan fingerprint density at radius 3 is 1.08 bits per heavy atom. The van der Waals surface area contributed by atoms with E-state index in [9.17, 15) is 52.7 Å². The molecule has 0 saturated carbocycles. The number of rotatable bonds is 2. The van der Waals surface area contributed by atoms with Gasteiger partial charge in [-0.25, -0.2) is 9.97 Å². The molecule has 4 rings (SSSR count). The van der Waals surface area contributed by atoms with Crippen molar-refractivity contribution in [3.63, 3.8) is 0 Å². The number of aromatic nitrogens is 2. The minimum absolute atomic E-state index is 0.227. The van der Waals surface area contributed by atoms with Crippen LogP contribution in [0, 0.1) is 0 Å². The topological polar surface area (TPSA) is 25.8 Å². The summed E-state index contributed by atoms with van der Waals surface area (Å²) in [7, 11) is 0. The lowest BCUT2D eigenvalue weighted by Crippen LogP contribution is -2.11. The highest BCUT2D eigenvalue weighted by Gasteiger charge is 2.40. The first-order valence-electron chi connectivity index (χ1n) is 9.20. The second-order valence-corrected chi connectivity index (χ2v) is 9.12. The smallest absolute Gasteiger partial charge is 0.223 e. The molecule has 0 radical (unpaired) electrons. The summed E-state index contributed by atoms with van der Waals surface area (Å²) in [5, 5.41) is -1.09. The van der Waals surface area contributed by atoms with Gasteiger partial charge in [0.15, 0.2) is 9.66 Å². The van der Waals surface area contributed by atoms with Crippen LogP contribution in [0.3, 0.4) is 0 Å². The third kappa shape index (κ3) is 5.00. The molecule has 16 heteroatoms. The van der Waals surface area contributed by atoms with Crippen molar-refractivity contribution in [3.05, 3.63) is 58.7 Å². The van der Waals surface area contributed by atoms with Crippen molar-refractivity contribution in [2.24, 2.45) is 0 Å². The molecule has 0 aliphatic carbocycles. The van der Waals surface area contributed by atoms with Crippen LogP contribution in [0.2, 0.25) is 0 Å². The molecule has 0 aliphatic rings. The quantitative estimate of drug-likeness (QED) is 0.226. The van der Waals surface area contributed by atoms with Gasteiger partial charge in [-0.3, -0.25) is 0 Å². The summed E-state index contributed by atoms with van der Waals surface area (Å²) in [6, 6.07) is 1.41. The van der Waals surface area contributed by atoms with Gasteiger partial charge < -0.3 is 0 Å². The van der Waals surface area contributed by atoms with E-state index >= 15 is 0 Å². The first-order chi connectivity index (χ1) is 16.4. The Morgan fingerprint density at radius 2 is 0.806 bits per heavy atom. The minimum Gasteiger partial charge on any atom is -0.223 e. The summed E-state index contributed by atoms with van der Waals surface area (Å²) in [4.78, 5) is 7.06. The van der Waals surface area contributed by atoms with Crippen molar-refractivity contribution in [3.8, 4) is 21.1 Å². The van der Waals surface area contributed by atoms with Crippen molar-refractivity contribution >= 4 is 32.3 Å². The van der Waals surface area contributed by atoms with Gasteiger partial charge in [-0.15, -0.1) is 0 Å². The highest BCUT2D eigenvalue weighted by molar-refractivity contribution is 7.29. The van der Waals surface area contributed by atoms with Crippen LogP contribution >= 0.6 is 22.7 Å². The average molecular weight is 566 g/mol. The van der Waals surface area contributed by atoms with E-state index in [4.69, 9.17) is 0 Å². The van der Waals surface area contributed by atoms with Gasteiger partial charge in [0.2, 0.25) is 0 Å². The summed E-state index contributed by atoms with van der Waals surface area (Å²) < 4.78 is 159. The number of halogens is 12. The molecule has 192 valence electrons. The van der Waals surface area contributed by atoms with E-state index in [0.29, 0.717) is 22.7 Å². The number of hydrogen-bond acceptors (Lipinski definition) is 4. The summed E-state index contributed by atoms with van der Waals surface area (Å²) >= 11 is 0.712. The molecule has 0 fully saturated rings. The van der Waals surface area contributed by atoms with E-state index in [-0.39, 0.29) is 46.1 Å². The third-order valence-corrected chi connectivity index (χ3v) is 6.84. The van der Waals surface area contributed by atoms with Crippen molar-refractivity contribution in [2.75, 3.05) is 0 Å². The van der Waals surface area contributed by atoms with Gasteiger partial charge in [-0.1, -0.05) is 22.7 Å². The number of fused-ring (bicyclic) bond motifs is 1. The molecule has 2 nitrogen and oxygen atoms in total. The first-order valence-corrected chi connectivity index (χ1v) is 10.8. The van der Waals surface area contributed by atoms with Crippen LogP contribution in [0.4, 0.5) is 52.7 Å². The highest BCUT2D eigenvalue weighted by Crippen LogP contribution is 2.46. The van der Waals surface area contributed by atoms with Gasteiger partial charge in [0.05, 0.1) is 22.3 Å². The fourth-order valence-electron chi connectivity index (χ4n) is 3.16. The van der Waals surface area contributed by atoms with E-state index in [1.54, 1.807) is 0 Å². The van der Waals surface area contributed by atoms with Crippen molar-refractivity contribution < 1.29 is 52.7 Å². The molecule has 4 aromatic rings. The van der Waals surface area contributed by atoms with Crippen molar-refractivity contribution in [1.82, 2.24) is 9.97 Å². The molecule has 0 spiro atoms. The molecule has 0 bridgehead atoms. The lowest BCUT2D eigenvalue weighted by molar-refractivity contribution is -0.141. The average Bonchev–Trinajstić information content (AvgIpc) is 3.29. The van der Waals surface area contributed by atoms with Crippen LogP contribution in [0.5, 0.6) is 0 Å². The molecule has 2 heterocycles. The minimum atomic E-state index is -5.06. The Hall–Kier alpha value is -2.88. The first kappa shape index (κ1) is 26.2. The standard InChI is InChI=1S/C20H6F12N2S2/c21-17(22,23)7-1-3-11(19(27,28)29)9(5-7)13-33-15-16(35-13)34-14(36-15)10-6-8(18(24,25)26)2-4-12(10)20(30,31)32/h1-6H. The van der Waals surface area contributed by atoms with Gasteiger partial charge in [0, 0.05) is 11.1 Å². The summed E-state index contributed by atoms with van der Waals surface area (Å²) in [6.07, 6.45) is -20.1. The fourth-order valence-corrected chi connectivity index (χ4v) is 5.26. The van der Waals surface area contributed by atoms with Gasteiger partial charge in [0.1, 0.15) is 10.0 Å². The second-order valence-electron chi connectivity index (χ2n) is 7.16. The monoisotopic (exact) mass is 566 g/mol. The molecule has 0 N–H and O–H groups in total. The van der Waals surface area contributed by atoms with Crippen molar-refractivity contribution in [2.45, 2.75) is 24.7 Å². The molecule has 36 heavy (non-hydrogen) atoms. The van der Waals surface area contributed by atoms with E-state index in [1.165, 1.54) is 0 Å². The SMILES string of the molecule is FC(F)(F)c1ccc(C(F)(F)F)c(-c2nc3sc(-c4cc(C(F)(F)F)ccc4C(F)(F)F)nc3s2)c1. The van der Waals surface area contributed by atoms with E-state index < -0.39 is 68.1 Å². The third-order valence-electron chi connectivity index (χ3n) is 4.74. The lowest BCUT2D eigenvalue weighted by atomic mass is 10.0. The Kier molecular flexibility index (Phi) is 6.06. The zero-order chi connectivity index (χ0) is 26.8. The maximum Gasteiger partial charge on any atom is 0.417 e. The van der Waals surface area contributed by atoms with E-state index in [1.807, 2.05) is 0 Å². The summed E-state index contributed by atoms with van der Waals surface area (Å²) in [5.74, 6) is 0. The highest BCUT2D eigenvalue weighted by atomic mass is 32.1. The molecule has 2 aromatic carbocycles. The van der Waals surface area contributed by atoms with Crippen LogP contribution in [0.25, 0.3) is 30.8 Å². The molecule has 0 aliphatic heterocycles. The zero-order valence-corrected chi connectivity index (χ0v) is 18.3. The van der Waals surface area contributed by atoms with Crippen LogP contribution < -0.4 is 0 Å². The predicted octanol–water partition coefficient (Wildman–Crippen LogP) is 9.16. The van der Waals surface area contributed by atoms with Crippen LogP contribution in [0.1, 0.15) is 22.3 Å². The molecule has 2 aromatic heterocycles. The second kappa shape index (κ2) is 8.33. The fraction of sp³-hybridized carbons (Fsp3) is 0.200. The molecule has 0 amide bonds. The van der Waals surface area contributed by atoms with Crippen LogP contribution in [0.15, 0.2) is 36.4 Å². The van der Waals surface area contributed by atoms with E-state index in [2.05, 4.69) is 9.97 Å². The Morgan fingerprint density at radius 1 is 0.472 bits per heavy atom. The van der Waals surface area contributed by atoms with Crippen molar-refractivity contribution in [1.29, 1.82) is 0 Å². The Labute approximate surface area is 199 Å². The number of alkyl halides is 12. The maximum atomic E-state index is 13.4. The molecular formula is C20H6F12N2S2. The van der Waals surface area contributed by atoms with Crippen LogP contribution in [-0.4, -0.2) is 9.97 Å². The zero-order valence-electron chi connectivity index (χ0n) is 16.7. The largest absolute Gasteiger partial charge is 0.417 e. The number of benzene rings is 2. The maximum absolute atomic E-state index is 13.4. The van der Waals surface area contributed by atoms with Gasteiger partial charge in [-0.05, 0) is 36.4 Å². The summed E-state index contributed by atoms with van der Waals surface area (Å²) in [6.45, 7) is 0. The molecule has 0 unspecified atom stereocenters. The lowest BCUT2D eigenvalue weighted by Gasteiger charge is -2.14. The summed E-state index contributed by atoms with van der Waals surface area (Å²) in [5.41, 5.74) is -7.51. The number of nitrogens with zero attached hydrogens (tertiary/aromatic N) is 2. The van der Waals surface area contributed by atoms with E-state index in [0.717, 1.165) is 0 Å². The normalized spacial score (nSPS) is 13.6. The molecule has 0 atom stereocenters. The van der Waals surface area contributed by atoms with Gasteiger partial charge in [0.25, 0.3) is 0 Å². The molecular weight excluding hydrogens is 560 g/mol. The predicted molar refractivity (Wildman–Crippen MR) is 106 cm³/mol. The Balaban J connectivity index is 1.87. The number of hydrogen-bond donors (Lipinski definition) is 0. The van der Waals surface area contributed by atoms with Gasteiger partial charge >= 0.3 is 24.7 Å². The number of thiazole rings is 2. The van der Waals surface area contributed by atoms with Crippen LogP contribution in [-0.2, 0) is 24.7 Å².